The first-order valence-corrected chi connectivity index (χ1v) is 7.46. The lowest BCUT2D eigenvalue weighted by atomic mass is 9.90. The Hall–Kier alpha value is -3.03. The Labute approximate surface area is 150 Å². The number of carboxylic acids is 1. The van der Waals surface area contributed by atoms with Crippen LogP contribution in [0.2, 0.25) is 0 Å². The summed E-state index contributed by atoms with van der Waals surface area (Å²) in [7, 11) is 0. The van der Waals surface area contributed by atoms with Crippen molar-refractivity contribution < 1.29 is 36.2 Å². The first kappa shape index (κ1) is 20.3. The van der Waals surface area contributed by atoms with Crippen molar-refractivity contribution in [1.29, 1.82) is 0 Å². The highest BCUT2D eigenvalue weighted by Crippen LogP contribution is 2.41. The third-order valence-corrected chi connectivity index (χ3v) is 3.55. The average molecular weight is 386 g/mol. The van der Waals surface area contributed by atoms with Crippen LogP contribution in [0.5, 0.6) is 0 Å². The summed E-state index contributed by atoms with van der Waals surface area (Å²) in [6, 6.07) is 8.33. The summed E-state index contributed by atoms with van der Waals surface area (Å²) in [5.41, 5.74) is -3.63. The molecular formula is C19H12F6O2. The average Bonchev–Trinajstić information content (AvgIpc) is 2.57. The standard InChI is InChI=1S/C19H12F6O2/c20-18(21,22)15-9-3-1-6-13(15)12(8-5-11-17(26)27)14-7-2-4-10-16(14)19(23,24)25/h1-11H,(H,26,27). The highest BCUT2D eigenvalue weighted by atomic mass is 19.4. The molecule has 2 nitrogen and oxygen atoms in total. The third kappa shape index (κ3) is 4.99. The van der Waals surface area contributed by atoms with Crippen molar-refractivity contribution in [2.45, 2.75) is 12.4 Å². The number of aliphatic carboxylic acids is 1. The largest absolute Gasteiger partial charge is 0.478 e. The van der Waals surface area contributed by atoms with Gasteiger partial charge in [-0.3, -0.25) is 0 Å². The molecular weight excluding hydrogens is 374 g/mol. The van der Waals surface area contributed by atoms with E-state index in [0.29, 0.717) is 6.08 Å². The van der Waals surface area contributed by atoms with E-state index in [0.717, 1.165) is 48.6 Å². The molecule has 2 aromatic rings. The molecule has 0 saturated carbocycles. The van der Waals surface area contributed by atoms with Crippen LogP contribution in [-0.4, -0.2) is 11.1 Å². The summed E-state index contributed by atoms with van der Waals surface area (Å²) in [6.07, 6.45) is -7.19. The van der Waals surface area contributed by atoms with E-state index in [1.54, 1.807) is 0 Å². The molecule has 1 N–H and O–H groups in total. The number of carbonyl (C=O) groups is 1. The van der Waals surface area contributed by atoms with Crippen LogP contribution >= 0.6 is 0 Å². The smallest absolute Gasteiger partial charge is 0.417 e. The van der Waals surface area contributed by atoms with E-state index >= 15 is 0 Å². The molecule has 0 atom stereocenters. The van der Waals surface area contributed by atoms with Gasteiger partial charge in [0.1, 0.15) is 0 Å². The maximum absolute atomic E-state index is 13.3. The van der Waals surface area contributed by atoms with Gasteiger partial charge < -0.3 is 5.11 Å². The van der Waals surface area contributed by atoms with Gasteiger partial charge in [-0.15, -0.1) is 0 Å². The van der Waals surface area contributed by atoms with Gasteiger partial charge in [0.2, 0.25) is 0 Å². The zero-order valence-corrected chi connectivity index (χ0v) is 13.5. The van der Waals surface area contributed by atoms with Crippen LogP contribution < -0.4 is 0 Å². The number of allylic oxidation sites excluding steroid dienone is 2. The van der Waals surface area contributed by atoms with Crippen LogP contribution in [0.3, 0.4) is 0 Å². The molecule has 8 heteroatoms. The van der Waals surface area contributed by atoms with Gasteiger partial charge >= 0.3 is 18.3 Å². The quantitative estimate of drug-likeness (QED) is 0.410. The molecule has 2 aromatic carbocycles. The van der Waals surface area contributed by atoms with Crippen LogP contribution in [0.1, 0.15) is 22.3 Å². The SMILES string of the molecule is O=C(O)C=CC=C(c1ccccc1C(F)(F)F)c1ccccc1C(F)(F)F. The lowest BCUT2D eigenvalue weighted by molar-refractivity contribution is -0.138. The van der Waals surface area contributed by atoms with Crippen molar-refractivity contribution in [2.24, 2.45) is 0 Å². The Balaban J connectivity index is 2.80. The van der Waals surface area contributed by atoms with Gasteiger partial charge in [0.15, 0.2) is 0 Å². The van der Waals surface area contributed by atoms with Crippen molar-refractivity contribution >= 4 is 11.5 Å². The molecule has 0 saturated heterocycles. The summed E-state index contributed by atoms with van der Waals surface area (Å²) in [6.45, 7) is 0. The molecule has 0 aliphatic heterocycles. The fraction of sp³-hybridized carbons (Fsp3) is 0.105. The maximum Gasteiger partial charge on any atom is 0.417 e. The van der Waals surface area contributed by atoms with Gasteiger partial charge in [0.25, 0.3) is 0 Å². The molecule has 0 aliphatic rings. The summed E-state index contributed by atoms with van der Waals surface area (Å²) < 4.78 is 80.1. The second-order valence-electron chi connectivity index (χ2n) is 5.36. The van der Waals surface area contributed by atoms with Crippen LogP contribution in [0.25, 0.3) is 5.57 Å². The van der Waals surface area contributed by atoms with E-state index < -0.39 is 46.1 Å². The predicted octanol–water partition coefficient (Wildman–Crippen LogP) is 5.80. The summed E-state index contributed by atoms with van der Waals surface area (Å²) in [5, 5.41) is 8.66. The Morgan fingerprint density at radius 1 is 0.778 bits per heavy atom. The minimum atomic E-state index is -4.81. The first-order chi connectivity index (χ1) is 12.5. The maximum atomic E-state index is 13.3. The fourth-order valence-electron chi connectivity index (χ4n) is 2.48. The summed E-state index contributed by atoms with van der Waals surface area (Å²) >= 11 is 0. The van der Waals surface area contributed by atoms with Gasteiger partial charge in [-0.1, -0.05) is 48.6 Å². The zero-order valence-electron chi connectivity index (χ0n) is 13.5. The Morgan fingerprint density at radius 2 is 1.19 bits per heavy atom. The Bertz CT molecular complexity index is 832. The number of hydrogen-bond donors (Lipinski definition) is 1. The van der Waals surface area contributed by atoms with E-state index in [2.05, 4.69) is 0 Å². The third-order valence-electron chi connectivity index (χ3n) is 3.55. The monoisotopic (exact) mass is 386 g/mol. The second kappa shape index (κ2) is 7.69. The van der Waals surface area contributed by atoms with Crippen LogP contribution in [0.4, 0.5) is 26.3 Å². The highest BCUT2D eigenvalue weighted by molar-refractivity contribution is 5.86. The minimum Gasteiger partial charge on any atom is -0.478 e. The molecule has 0 fully saturated rings. The molecule has 0 aromatic heterocycles. The molecule has 0 bridgehead atoms. The normalized spacial score (nSPS) is 12.2. The van der Waals surface area contributed by atoms with Gasteiger partial charge in [-0.2, -0.15) is 26.3 Å². The van der Waals surface area contributed by atoms with E-state index in [9.17, 15) is 31.1 Å². The molecule has 0 spiro atoms. The highest BCUT2D eigenvalue weighted by Gasteiger charge is 2.37. The van der Waals surface area contributed by atoms with Gasteiger partial charge in [0, 0.05) is 6.08 Å². The summed E-state index contributed by atoms with van der Waals surface area (Å²) in [5.74, 6) is -1.39. The van der Waals surface area contributed by atoms with Crippen molar-refractivity contribution in [3.63, 3.8) is 0 Å². The Kier molecular flexibility index (Phi) is 5.78. The zero-order chi connectivity index (χ0) is 20.2. The van der Waals surface area contributed by atoms with Crippen molar-refractivity contribution in [3.8, 4) is 0 Å². The minimum absolute atomic E-state index is 0.395. The lowest BCUT2D eigenvalue weighted by Crippen LogP contribution is -2.12. The number of hydrogen-bond acceptors (Lipinski definition) is 1. The molecule has 142 valence electrons. The number of benzene rings is 2. The van der Waals surface area contributed by atoms with E-state index in [1.165, 1.54) is 12.1 Å². The van der Waals surface area contributed by atoms with E-state index in [-0.39, 0.29) is 0 Å². The Morgan fingerprint density at radius 3 is 1.56 bits per heavy atom. The van der Waals surface area contributed by atoms with E-state index in [1.807, 2.05) is 0 Å². The fourth-order valence-corrected chi connectivity index (χ4v) is 2.48. The topological polar surface area (TPSA) is 37.3 Å². The predicted molar refractivity (Wildman–Crippen MR) is 86.7 cm³/mol. The van der Waals surface area contributed by atoms with Crippen molar-refractivity contribution in [2.75, 3.05) is 0 Å². The molecule has 0 amide bonds. The second-order valence-corrected chi connectivity index (χ2v) is 5.36. The van der Waals surface area contributed by atoms with Crippen LogP contribution in [0.15, 0.2) is 66.8 Å². The molecule has 0 unspecified atom stereocenters. The molecule has 0 heterocycles. The number of alkyl halides is 6. The van der Waals surface area contributed by atoms with E-state index in [4.69, 9.17) is 5.11 Å². The molecule has 0 aliphatic carbocycles. The van der Waals surface area contributed by atoms with Crippen molar-refractivity contribution in [1.82, 2.24) is 0 Å². The van der Waals surface area contributed by atoms with Crippen molar-refractivity contribution in [3.05, 3.63) is 89.0 Å². The number of carboxylic acid groups (broad SMARTS) is 1. The number of rotatable bonds is 4. The van der Waals surface area contributed by atoms with Crippen LogP contribution in [0, 0.1) is 0 Å². The molecule has 0 radical (unpaired) electrons. The van der Waals surface area contributed by atoms with Gasteiger partial charge in [-0.25, -0.2) is 4.79 Å². The first-order valence-electron chi connectivity index (χ1n) is 7.46. The molecule has 2 rings (SSSR count). The summed E-state index contributed by atoms with van der Waals surface area (Å²) in [4.78, 5) is 10.6. The lowest BCUT2D eigenvalue weighted by Gasteiger charge is -2.19. The van der Waals surface area contributed by atoms with Crippen LogP contribution in [-0.2, 0) is 17.1 Å². The molecule has 27 heavy (non-hydrogen) atoms. The van der Waals surface area contributed by atoms with Gasteiger partial charge in [-0.05, 0) is 28.8 Å². The number of halogens is 6. The van der Waals surface area contributed by atoms with Gasteiger partial charge in [0.05, 0.1) is 11.1 Å².